The van der Waals surface area contributed by atoms with Gasteiger partial charge in [-0.2, -0.15) is 10.2 Å². The van der Waals surface area contributed by atoms with Crippen LogP contribution in [-0.4, -0.2) is 130 Å². The van der Waals surface area contributed by atoms with Gasteiger partial charge in [0.25, 0.3) is 5.88 Å². The van der Waals surface area contributed by atoms with E-state index in [1.807, 2.05) is 12.1 Å². The van der Waals surface area contributed by atoms with Crippen LogP contribution >= 0.6 is 22.7 Å². The lowest BCUT2D eigenvalue weighted by Crippen LogP contribution is -2.40. The number of ether oxygens (including phenoxy) is 1. The number of carbonyl (C=O) groups excluding carboxylic acids is 2. The molecule has 1 aliphatic carbocycles. The summed E-state index contributed by atoms with van der Waals surface area (Å²) in [6, 6.07) is 11.2. The first-order valence-corrected chi connectivity index (χ1v) is 25.4. The number of thiophene rings is 1. The molecule has 9 rings (SSSR count). The molecule has 0 bridgehead atoms. The second-order valence-electron chi connectivity index (χ2n) is 17.8. The van der Waals surface area contributed by atoms with Crippen molar-refractivity contribution in [1.29, 1.82) is 5.26 Å². The van der Waals surface area contributed by atoms with Gasteiger partial charge in [-0.15, -0.1) is 22.7 Å². The summed E-state index contributed by atoms with van der Waals surface area (Å²) in [6.45, 7) is 14.1. The zero-order chi connectivity index (χ0) is 49.6. The van der Waals surface area contributed by atoms with E-state index in [2.05, 4.69) is 74.3 Å². The lowest BCUT2D eigenvalue weighted by Gasteiger charge is -2.30. The maximum atomic E-state index is 12.4. The predicted octanol–water partition coefficient (Wildman–Crippen LogP) is 5.81. The Kier molecular flexibility index (Phi) is 17.8. The fraction of sp³-hybridized carbons (Fsp3) is 0.500. The van der Waals surface area contributed by atoms with Crippen molar-refractivity contribution in [1.82, 2.24) is 55.2 Å². The lowest BCUT2D eigenvalue weighted by atomic mass is 9.72. The number of nitrogens with zero attached hydrogens (tertiary/aromatic N) is 12. The number of aromatic hydroxyl groups is 1. The number of nitrogen functional groups attached to an aromatic ring is 1. The molecule has 0 saturated carbocycles. The summed E-state index contributed by atoms with van der Waals surface area (Å²) in [5.41, 5.74) is 8.65. The number of fused-ring (bicyclic) bond motifs is 1. The first kappa shape index (κ1) is 51.3. The van der Waals surface area contributed by atoms with E-state index in [4.69, 9.17) is 30.1 Å². The van der Waals surface area contributed by atoms with Gasteiger partial charge in [0.15, 0.2) is 0 Å². The first-order chi connectivity index (χ1) is 33.9. The number of carbonyl (C=O) groups is 2. The Morgan fingerprint density at radius 1 is 1.10 bits per heavy atom. The normalized spacial score (nSPS) is 18.9. The molecule has 3 unspecified atom stereocenters. The number of aliphatic hydroxyl groups excluding tert-OH is 1. The van der Waals surface area contributed by atoms with Crippen LogP contribution < -0.4 is 20.7 Å². The van der Waals surface area contributed by atoms with Crippen molar-refractivity contribution in [3.05, 3.63) is 75.8 Å². The molecule has 1 aromatic carbocycles. The van der Waals surface area contributed by atoms with Crippen molar-refractivity contribution in [3.63, 3.8) is 0 Å². The second-order valence-corrected chi connectivity index (χ2v) is 20.0. The van der Waals surface area contributed by atoms with Crippen molar-refractivity contribution < 1.29 is 29.1 Å². The maximum Gasteiger partial charge on any atom is 0.253 e. The van der Waals surface area contributed by atoms with Crippen molar-refractivity contribution in [2.75, 3.05) is 56.5 Å². The first-order valence-electron chi connectivity index (χ1n) is 23.8. The minimum absolute atomic E-state index is 0.0813. The maximum absolute atomic E-state index is 12.4. The van der Waals surface area contributed by atoms with E-state index >= 15 is 0 Å². The third-order valence-corrected chi connectivity index (χ3v) is 14.3. The van der Waals surface area contributed by atoms with E-state index in [1.54, 1.807) is 41.7 Å². The zero-order valence-electron chi connectivity index (χ0n) is 40.2. The van der Waals surface area contributed by atoms with E-state index < -0.39 is 11.5 Å². The molecule has 0 radical (unpaired) electrons. The second kappa shape index (κ2) is 24.3. The largest absolute Gasteiger partial charge is 0.508 e. The van der Waals surface area contributed by atoms with Crippen LogP contribution in [0.15, 0.2) is 53.4 Å². The minimum atomic E-state index is -0.593. The van der Waals surface area contributed by atoms with Crippen LogP contribution in [0.2, 0.25) is 0 Å². The summed E-state index contributed by atoms with van der Waals surface area (Å²) in [6.07, 6.45) is 12.6. The number of nitriles is 1. The van der Waals surface area contributed by atoms with Gasteiger partial charge in [-0.3, -0.25) is 9.59 Å². The number of benzene rings is 1. The van der Waals surface area contributed by atoms with Gasteiger partial charge in [-0.1, -0.05) is 35.7 Å². The highest BCUT2D eigenvalue weighted by Crippen LogP contribution is 2.48. The molecule has 0 spiro atoms. The average Bonchev–Trinajstić information content (AvgIpc) is 4.22. The standard InChI is InChI=1S/C34H44N12O4S.C11H10N2O2S.C3H8/c1-22-18-43(12-3-4-16-49-27-20-45(42-40-27)21-28(48)44-15-9-23(47)19-44)13-6-14-46(22)33-37-11-8-25(38-33)31-39-32(50-41-31)34(2)10-5-7-26-29(34)24(17-35)30(36)51-26;14-7-12-6-11-13-5-10(16-11)8-1-3-9(15)4-2-8;1-3-2/h8,11,20,22-23,47H,3-7,9-10,12-16,18-19,21,36H2,1-2H3;1-5,7,15H,6H2,(H,12,14);3H2,1-2H3. The number of hydrogen-bond donors (Lipinski definition) is 4. The third kappa shape index (κ3) is 12.8. The van der Waals surface area contributed by atoms with Gasteiger partial charge < -0.3 is 45.2 Å². The Balaban J connectivity index is 0.000000318. The van der Waals surface area contributed by atoms with Gasteiger partial charge in [0.05, 0.1) is 41.3 Å². The van der Waals surface area contributed by atoms with Crippen molar-refractivity contribution in [2.45, 2.75) is 110 Å². The number of rotatable bonds is 15. The fourth-order valence-electron chi connectivity index (χ4n) is 8.75. The van der Waals surface area contributed by atoms with E-state index in [0.717, 1.165) is 90.6 Å². The molecule has 372 valence electrons. The SMILES string of the molecule is CC1CN(CCCCOc2cn(CC(=O)N3CCC(O)C3)nn2)CCCN1c1nccc(-c2noc(C3(C)CCCc4sc(N)c(C#N)c43)n2)n1.CCC.O=CNCc1ncc(-c2ccc(O)cc2)s1. The Hall–Kier alpha value is -6.54. The number of amides is 2. The van der Waals surface area contributed by atoms with Crippen LogP contribution in [0.4, 0.5) is 10.9 Å². The number of β-amino-alcohol motifs (C(OH)–C–C–N with tert-alkyl or cyclic N) is 1. The molecule has 3 atom stereocenters. The number of phenolic OH excluding ortho intramolecular Hbond substituents is 1. The quantitative estimate of drug-likeness (QED) is 0.0699. The summed E-state index contributed by atoms with van der Waals surface area (Å²) < 4.78 is 13.1. The number of likely N-dealkylation sites (tertiary alicyclic amines) is 1. The Morgan fingerprint density at radius 3 is 2.67 bits per heavy atom. The van der Waals surface area contributed by atoms with Crippen molar-refractivity contribution >= 4 is 45.9 Å². The molecular weight excluding hydrogens is 933 g/mol. The molecule has 2 aliphatic heterocycles. The Bertz CT molecular complexity index is 2680. The van der Waals surface area contributed by atoms with Gasteiger partial charge in [0, 0.05) is 55.1 Å². The van der Waals surface area contributed by atoms with Crippen LogP contribution in [0, 0.1) is 11.3 Å². The van der Waals surface area contributed by atoms with E-state index in [1.165, 1.54) is 33.8 Å². The van der Waals surface area contributed by atoms with Crippen molar-refractivity contribution in [3.8, 4) is 39.7 Å². The highest BCUT2D eigenvalue weighted by atomic mass is 32.1. The summed E-state index contributed by atoms with van der Waals surface area (Å²) in [4.78, 5) is 49.5. The molecule has 6 aromatic rings. The predicted molar refractivity (Wildman–Crippen MR) is 266 cm³/mol. The monoisotopic (exact) mass is 994 g/mol. The van der Waals surface area contributed by atoms with Crippen LogP contribution in [0.25, 0.3) is 22.0 Å². The van der Waals surface area contributed by atoms with E-state index in [-0.39, 0.29) is 24.2 Å². The van der Waals surface area contributed by atoms with Gasteiger partial charge in [0.1, 0.15) is 34.1 Å². The van der Waals surface area contributed by atoms with Gasteiger partial charge >= 0.3 is 0 Å². The number of unbranched alkanes of at least 4 members (excludes halogenated alkanes) is 1. The van der Waals surface area contributed by atoms with E-state index in [9.17, 15) is 20.0 Å². The molecule has 2 saturated heterocycles. The minimum Gasteiger partial charge on any atom is -0.508 e. The van der Waals surface area contributed by atoms with Gasteiger partial charge in [-0.05, 0) is 108 Å². The molecule has 5 N–H and O–H groups in total. The topological polar surface area (TPSA) is 264 Å². The molecular formula is C48H62N14O6S2. The van der Waals surface area contributed by atoms with Crippen molar-refractivity contribution in [2.24, 2.45) is 0 Å². The number of thiazole rings is 1. The summed E-state index contributed by atoms with van der Waals surface area (Å²) >= 11 is 3.00. The number of aliphatic hydroxyl groups is 1. The van der Waals surface area contributed by atoms with Crippen LogP contribution in [0.3, 0.4) is 0 Å². The molecule has 2 fully saturated rings. The number of nitrogens with two attached hydrogens (primary N) is 1. The highest BCUT2D eigenvalue weighted by Gasteiger charge is 2.43. The van der Waals surface area contributed by atoms with E-state index in [0.29, 0.717) is 78.9 Å². The lowest BCUT2D eigenvalue weighted by molar-refractivity contribution is -0.131. The molecule has 70 heavy (non-hydrogen) atoms. The summed E-state index contributed by atoms with van der Waals surface area (Å²) in [5, 5.41) is 45.0. The summed E-state index contributed by atoms with van der Waals surface area (Å²) in [5.74, 6) is 2.07. The highest BCUT2D eigenvalue weighted by molar-refractivity contribution is 7.16. The Labute approximate surface area is 415 Å². The molecule has 2 amide bonds. The number of hydrogen-bond acceptors (Lipinski definition) is 19. The van der Waals surface area contributed by atoms with Crippen LogP contribution in [-0.2, 0) is 34.5 Å². The molecule has 7 heterocycles. The zero-order valence-corrected chi connectivity index (χ0v) is 41.8. The number of aromatic nitrogens is 8. The fourth-order valence-corrected chi connectivity index (χ4v) is 10.8. The third-order valence-electron chi connectivity index (χ3n) is 12.2. The number of anilines is 2. The number of phenols is 1. The molecule has 20 nitrogen and oxygen atoms in total. The number of nitrogens with one attached hydrogen (secondary N) is 1. The molecule has 3 aliphatic rings. The van der Waals surface area contributed by atoms with Gasteiger partial charge in [-0.25, -0.2) is 19.6 Å². The van der Waals surface area contributed by atoms with Crippen LogP contribution in [0.1, 0.15) is 99.5 Å². The molecule has 5 aromatic heterocycles. The smallest absolute Gasteiger partial charge is 0.253 e. The number of aryl methyl sites for hydroxylation is 1. The Morgan fingerprint density at radius 2 is 1.91 bits per heavy atom. The summed E-state index contributed by atoms with van der Waals surface area (Å²) in [7, 11) is 0. The van der Waals surface area contributed by atoms with Crippen LogP contribution in [0.5, 0.6) is 11.6 Å². The average molecular weight is 995 g/mol. The molecule has 22 heteroatoms. The van der Waals surface area contributed by atoms with Gasteiger partial charge in [0.2, 0.25) is 30.0 Å².